The normalized spacial score (nSPS) is 11.3. The van der Waals surface area contributed by atoms with Crippen LogP contribution in [0.1, 0.15) is 69.3 Å². The Bertz CT molecular complexity index is 1270. The predicted octanol–water partition coefficient (Wildman–Crippen LogP) is 5.17. The Labute approximate surface area is 206 Å². The van der Waals surface area contributed by atoms with E-state index < -0.39 is 0 Å². The maximum absolute atomic E-state index is 13.4. The van der Waals surface area contributed by atoms with E-state index in [0.717, 1.165) is 66.6 Å². The van der Waals surface area contributed by atoms with Gasteiger partial charge in [-0.2, -0.15) is 5.21 Å². The summed E-state index contributed by atoms with van der Waals surface area (Å²) in [6.45, 7) is 7.89. The Balaban J connectivity index is 1.61. The van der Waals surface area contributed by atoms with E-state index in [2.05, 4.69) is 70.6 Å². The number of rotatable bonds is 12. The highest BCUT2D eigenvalue weighted by molar-refractivity contribution is 5.79. The molecular weight excluding hydrogens is 438 g/mol. The summed E-state index contributed by atoms with van der Waals surface area (Å²) in [6.07, 6.45) is 11.2. The van der Waals surface area contributed by atoms with Gasteiger partial charge in [-0.15, -0.1) is 10.2 Å². The van der Waals surface area contributed by atoms with Gasteiger partial charge in [0.05, 0.1) is 6.54 Å². The van der Waals surface area contributed by atoms with Crippen molar-refractivity contribution < 1.29 is 0 Å². The van der Waals surface area contributed by atoms with Crippen LogP contribution in [-0.2, 0) is 19.5 Å². The Morgan fingerprint density at radius 2 is 1.69 bits per heavy atom. The number of nitrogens with zero attached hydrogens (tertiary/aromatic N) is 6. The lowest BCUT2D eigenvalue weighted by Crippen LogP contribution is -2.26. The molecule has 3 aromatic heterocycles. The molecule has 0 saturated carbocycles. The van der Waals surface area contributed by atoms with Crippen LogP contribution in [0.25, 0.3) is 22.5 Å². The van der Waals surface area contributed by atoms with Gasteiger partial charge in [0.1, 0.15) is 0 Å². The number of pyridine rings is 1. The summed E-state index contributed by atoms with van der Waals surface area (Å²) in [4.78, 5) is 17.6. The molecule has 0 aliphatic heterocycles. The third-order valence-corrected chi connectivity index (χ3v) is 6.63. The second-order valence-electron chi connectivity index (χ2n) is 9.07. The number of aromatic amines is 1. The molecule has 1 aromatic carbocycles. The van der Waals surface area contributed by atoms with Crippen LogP contribution in [0.4, 0.5) is 0 Å². The molecule has 0 aliphatic rings. The average molecular weight is 474 g/mol. The summed E-state index contributed by atoms with van der Waals surface area (Å²) in [5, 5.41) is 14.4. The van der Waals surface area contributed by atoms with Crippen LogP contribution in [-0.4, -0.2) is 34.7 Å². The predicted molar refractivity (Wildman–Crippen MR) is 138 cm³/mol. The molecule has 0 amide bonds. The molecule has 0 aliphatic carbocycles. The van der Waals surface area contributed by atoms with Crippen molar-refractivity contribution in [3.63, 3.8) is 0 Å². The van der Waals surface area contributed by atoms with Crippen molar-refractivity contribution in [1.29, 1.82) is 0 Å². The maximum atomic E-state index is 13.4. The molecule has 0 atom stereocenters. The lowest BCUT2D eigenvalue weighted by Gasteiger charge is -2.10. The van der Waals surface area contributed by atoms with Gasteiger partial charge in [-0.3, -0.25) is 14.1 Å². The largest absolute Gasteiger partial charge is 0.328 e. The van der Waals surface area contributed by atoms with Gasteiger partial charge in [-0.25, -0.2) is 4.79 Å². The van der Waals surface area contributed by atoms with E-state index in [9.17, 15) is 4.79 Å². The Morgan fingerprint density at radius 3 is 2.40 bits per heavy atom. The minimum Gasteiger partial charge on any atom is -0.296 e. The highest BCUT2D eigenvalue weighted by atomic mass is 16.1. The first-order valence-electron chi connectivity index (χ1n) is 12.7. The fraction of sp³-hybridized carbons (Fsp3) is 0.444. The van der Waals surface area contributed by atoms with E-state index in [4.69, 9.17) is 0 Å². The van der Waals surface area contributed by atoms with Crippen molar-refractivity contribution in [3.05, 3.63) is 70.2 Å². The van der Waals surface area contributed by atoms with Crippen LogP contribution in [0.3, 0.4) is 0 Å². The van der Waals surface area contributed by atoms with Gasteiger partial charge >= 0.3 is 5.69 Å². The quantitative estimate of drug-likeness (QED) is 0.286. The lowest BCUT2D eigenvalue weighted by molar-refractivity contribution is 0.566. The average Bonchev–Trinajstić information content (AvgIpc) is 3.49. The van der Waals surface area contributed by atoms with Crippen molar-refractivity contribution in [3.8, 4) is 22.5 Å². The Morgan fingerprint density at radius 1 is 0.914 bits per heavy atom. The van der Waals surface area contributed by atoms with Crippen molar-refractivity contribution in [2.45, 2.75) is 78.8 Å². The highest BCUT2D eigenvalue weighted by Crippen LogP contribution is 2.29. The van der Waals surface area contributed by atoms with E-state index in [0.29, 0.717) is 12.4 Å². The summed E-state index contributed by atoms with van der Waals surface area (Å²) < 4.78 is 3.97. The van der Waals surface area contributed by atoms with Gasteiger partial charge in [0.15, 0.2) is 0 Å². The Hall–Kier alpha value is -3.55. The standard InChI is InChI=1S/C27H35N7O/c1-4-6-8-10-25-20(3)33(17-9-7-5-2)27(35)34(25)19-21-11-13-22(14-12-21)23-15-16-28-18-24(23)26-29-31-32-30-26/h11-16,18H,4-10,17,19H2,1-3H3,(H,29,30,31,32). The molecule has 184 valence electrons. The van der Waals surface area contributed by atoms with E-state index in [1.165, 1.54) is 18.5 Å². The number of tetrazole rings is 1. The molecular formula is C27H35N7O. The number of unbranched alkanes of at least 4 members (excludes halogenated alkanes) is 4. The second kappa shape index (κ2) is 11.7. The van der Waals surface area contributed by atoms with Crippen LogP contribution >= 0.6 is 0 Å². The Kier molecular flexibility index (Phi) is 8.23. The highest BCUT2D eigenvalue weighted by Gasteiger charge is 2.17. The first-order chi connectivity index (χ1) is 17.1. The molecule has 8 nitrogen and oxygen atoms in total. The first-order valence-corrected chi connectivity index (χ1v) is 12.7. The first kappa shape index (κ1) is 24.6. The van der Waals surface area contributed by atoms with Gasteiger partial charge in [0.25, 0.3) is 0 Å². The molecule has 35 heavy (non-hydrogen) atoms. The third kappa shape index (κ3) is 5.58. The van der Waals surface area contributed by atoms with Crippen LogP contribution < -0.4 is 5.69 Å². The topological polar surface area (TPSA) is 94.3 Å². The van der Waals surface area contributed by atoms with Gasteiger partial charge < -0.3 is 0 Å². The van der Waals surface area contributed by atoms with Crippen molar-refractivity contribution >= 4 is 0 Å². The van der Waals surface area contributed by atoms with Crippen LogP contribution in [0.15, 0.2) is 47.5 Å². The van der Waals surface area contributed by atoms with E-state index in [1.54, 1.807) is 12.4 Å². The lowest BCUT2D eigenvalue weighted by atomic mass is 10.00. The number of imidazole rings is 1. The van der Waals surface area contributed by atoms with Gasteiger partial charge in [0, 0.05) is 35.9 Å². The van der Waals surface area contributed by atoms with Gasteiger partial charge in [-0.05, 0) is 54.2 Å². The number of aromatic nitrogens is 7. The van der Waals surface area contributed by atoms with Crippen molar-refractivity contribution in [1.82, 2.24) is 34.7 Å². The summed E-state index contributed by atoms with van der Waals surface area (Å²) in [7, 11) is 0. The molecule has 4 aromatic rings. The molecule has 4 rings (SSSR count). The fourth-order valence-electron chi connectivity index (χ4n) is 4.63. The number of hydrogen-bond donors (Lipinski definition) is 1. The van der Waals surface area contributed by atoms with Crippen molar-refractivity contribution in [2.75, 3.05) is 0 Å². The third-order valence-electron chi connectivity index (χ3n) is 6.63. The molecule has 0 unspecified atom stereocenters. The van der Waals surface area contributed by atoms with Gasteiger partial charge in [0.2, 0.25) is 5.82 Å². The van der Waals surface area contributed by atoms with Crippen molar-refractivity contribution in [2.24, 2.45) is 0 Å². The molecule has 0 radical (unpaired) electrons. The number of hydrogen-bond acceptors (Lipinski definition) is 5. The van der Waals surface area contributed by atoms with Crippen LogP contribution in [0.5, 0.6) is 0 Å². The minimum absolute atomic E-state index is 0.114. The fourth-order valence-corrected chi connectivity index (χ4v) is 4.63. The molecule has 0 fully saturated rings. The number of benzene rings is 1. The minimum atomic E-state index is 0.114. The molecule has 0 bridgehead atoms. The summed E-state index contributed by atoms with van der Waals surface area (Å²) in [5.41, 5.74) is 6.38. The van der Waals surface area contributed by atoms with E-state index >= 15 is 0 Å². The molecule has 0 saturated heterocycles. The maximum Gasteiger partial charge on any atom is 0.328 e. The summed E-state index contributed by atoms with van der Waals surface area (Å²) >= 11 is 0. The van der Waals surface area contributed by atoms with Crippen LogP contribution in [0, 0.1) is 6.92 Å². The molecule has 0 spiro atoms. The SMILES string of the molecule is CCCCCc1c(C)n(CCCCC)c(=O)n1Cc1ccc(-c2ccncc2-c2nn[nH]n2)cc1. The molecule has 8 heteroatoms. The zero-order valence-electron chi connectivity index (χ0n) is 21.0. The van der Waals surface area contributed by atoms with E-state index in [-0.39, 0.29) is 5.69 Å². The van der Waals surface area contributed by atoms with Crippen LogP contribution in [0.2, 0.25) is 0 Å². The zero-order valence-corrected chi connectivity index (χ0v) is 21.0. The number of nitrogens with one attached hydrogen (secondary N) is 1. The second-order valence-corrected chi connectivity index (χ2v) is 9.07. The summed E-state index contributed by atoms with van der Waals surface area (Å²) in [5.74, 6) is 0.514. The number of H-pyrrole nitrogens is 1. The molecule has 3 heterocycles. The monoisotopic (exact) mass is 473 g/mol. The molecule has 1 N–H and O–H groups in total. The summed E-state index contributed by atoms with van der Waals surface area (Å²) in [6, 6.07) is 10.3. The smallest absolute Gasteiger partial charge is 0.296 e. The zero-order chi connectivity index (χ0) is 24.6. The van der Waals surface area contributed by atoms with E-state index in [1.807, 2.05) is 15.2 Å². The van der Waals surface area contributed by atoms with Gasteiger partial charge in [-0.1, -0.05) is 63.8 Å².